The van der Waals surface area contributed by atoms with Crippen LogP contribution in [0.25, 0.3) is 0 Å². The van der Waals surface area contributed by atoms with Gasteiger partial charge < -0.3 is 14.7 Å². The van der Waals surface area contributed by atoms with E-state index in [1.54, 1.807) is 0 Å². The maximum absolute atomic E-state index is 10.7. The average Bonchev–Trinajstić information content (AvgIpc) is 2.85. The van der Waals surface area contributed by atoms with Gasteiger partial charge in [0.2, 0.25) is 0 Å². The second kappa shape index (κ2) is 3.47. The SMILES string of the molecule is CN1CCC(O)(c2cccc3c2OCC3)C1. The molecule has 3 nitrogen and oxygen atoms in total. The zero-order valence-corrected chi connectivity index (χ0v) is 9.57. The van der Waals surface area contributed by atoms with Gasteiger partial charge in [0.25, 0.3) is 0 Å². The van der Waals surface area contributed by atoms with Crippen LogP contribution in [0.2, 0.25) is 0 Å². The largest absolute Gasteiger partial charge is 0.493 e. The number of β-amino-alcohol motifs (C(OH)–C–C–N with tert-alkyl or cyclic N) is 1. The highest BCUT2D eigenvalue weighted by Crippen LogP contribution is 2.40. The molecule has 1 fully saturated rings. The normalized spacial score (nSPS) is 29.1. The minimum absolute atomic E-state index is 0.701. The molecule has 1 unspecified atom stereocenters. The number of likely N-dealkylation sites (tertiary alicyclic amines) is 1. The van der Waals surface area contributed by atoms with Crippen LogP contribution in [0.4, 0.5) is 0 Å². The second-order valence-corrected chi connectivity index (χ2v) is 4.91. The summed E-state index contributed by atoms with van der Waals surface area (Å²) in [5.74, 6) is 0.931. The van der Waals surface area contributed by atoms with Crippen LogP contribution in [0.15, 0.2) is 18.2 Å². The van der Waals surface area contributed by atoms with E-state index in [0.717, 1.165) is 37.3 Å². The van der Waals surface area contributed by atoms with E-state index >= 15 is 0 Å². The fraction of sp³-hybridized carbons (Fsp3) is 0.538. The minimum atomic E-state index is -0.718. The molecule has 0 spiro atoms. The average molecular weight is 219 g/mol. The number of nitrogens with zero attached hydrogens (tertiary/aromatic N) is 1. The number of benzene rings is 1. The summed E-state index contributed by atoms with van der Waals surface area (Å²) in [4.78, 5) is 2.16. The Morgan fingerprint density at radius 3 is 3.06 bits per heavy atom. The second-order valence-electron chi connectivity index (χ2n) is 4.91. The summed E-state index contributed by atoms with van der Waals surface area (Å²) >= 11 is 0. The van der Waals surface area contributed by atoms with Crippen LogP contribution < -0.4 is 4.74 Å². The first-order valence-corrected chi connectivity index (χ1v) is 5.85. The summed E-state index contributed by atoms with van der Waals surface area (Å²) in [5.41, 5.74) is 1.50. The van der Waals surface area contributed by atoms with Crippen LogP contribution >= 0.6 is 0 Å². The fourth-order valence-corrected chi connectivity index (χ4v) is 2.78. The summed E-state index contributed by atoms with van der Waals surface area (Å²) < 4.78 is 5.66. The Kier molecular flexibility index (Phi) is 2.19. The molecule has 0 saturated carbocycles. The molecule has 1 atom stereocenters. The van der Waals surface area contributed by atoms with Crippen LogP contribution in [0.1, 0.15) is 17.5 Å². The van der Waals surface area contributed by atoms with Crippen molar-refractivity contribution in [3.8, 4) is 5.75 Å². The number of likely N-dealkylation sites (N-methyl/N-ethyl adjacent to an activating group) is 1. The number of rotatable bonds is 1. The lowest BCUT2D eigenvalue weighted by molar-refractivity contribution is 0.0463. The lowest BCUT2D eigenvalue weighted by Crippen LogP contribution is -2.29. The molecule has 0 aliphatic carbocycles. The highest BCUT2D eigenvalue weighted by atomic mass is 16.5. The van der Waals surface area contributed by atoms with Crippen molar-refractivity contribution in [2.24, 2.45) is 0 Å². The quantitative estimate of drug-likeness (QED) is 0.769. The van der Waals surface area contributed by atoms with E-state index in [9.17, 15) is 5.11 Å². The van der Waals surface area contributed by atoms with Gasteiger partial charge in [0, 0.05) is 25.1 Å². The Bertz CT molecular complexity index is 418. The smallest absolute Gasteiger partial charge is 0.128 e. The van der Waals surface area contributed by atoms with Gasteiger partial charge in [-0.25, -0.2) is 0 Å². The molecule has 3 rings (SSSR count). The van der Waals surface area contributed by atoms with Crippen molar-refractivity contribution in [2.45, 2.75) is 18.4 Å². The number of hydrogen-bond donors (Lipinski definition) is 1. The summed E-state index contributed by atoms with van der Waals surface area (Å²) in [6.45, 7) is 2.39. The third-order valence-electron chi connectivity index (χ3n) is 3.65. The van der Waals surface area contributed by atoms with Crippen LogP contribution in [0, 0.1) is 0 Å². The van der Waals surface area contributed by atoms with E-state index in [2.05, 4.69) is 11.0 Å². The van der Waals surface area contributed by atoms with Crippen LogP contribution in [0.3, 0.4) is 0 Å². The predicted octanol–water partition coefficient (Wildman–Crippen LogP) is 1.14. The first kappa shape index (κ1) is 10.1. The summed E-state index contributed by atoms with van der Waals surface area (Å²) in [6, 6.07) is 6.12. The lowest BCUT2D eigenvalue weighted by atomic mass is 9.90. The van der Waals surface area contributed by atoms with E-state index in [1.807, 2.05) is 19.2 Å². The number of fused-ring (bicyclic) bond motifs is 1. The van der Waals surface area contributed by atoms with Gasteiger partial charge in [0.05, 0.1) is 6.61 Å². The molecule has 0 bridgehead atoms. The number of aliphatic hydroxyl groups is 1. The first-order valence-electron chi connectivity index (χ1n) is 5.85. The molecule has 3 heteroatoms. The molecule has 1 N–H and O–H groups in total. The van der Waals surface area contributed by atoms with Crippen molar-refractivity contribution < 1.29 is 9.84 Å². The molecule has 2 heterocycles. The molecule has 1 aromatic carbocycles. The highest BCUT2D eigenvalue weighted by Gasteiger charge is 2.39. The monoisotopic (exact) mass is 219 g/mol. The third kappa shape index (κ3) is 1.43. The van der Waals surface area contributed by atoms with Gasteiger partial charge in [0.1, 0.15) is 11.4 Å². The first-order chi connectivity index (χ1) is 7.69. The standard InChI is InChI=1S/C13H17NO2/c1-14-7-6-13(15,9-14)11-4-2-3-10-5-8-16-12(10)11/h2-4,15H,5-9H2,1H3. The highest BCUT2D eigenvalue weighted by molar-refractivity contribution is 5.47. The summed E-state index contributed by atoms with van der Waals surface area (Å²) in [7, 11) is 2.04. The van der Waals surface area contributed by atoms with Gasteiger partial charge >= 0.3 is 0 Å². The number of para-hydroxylation sites is 1. The molecule has 1 aromatic rings. The van der Waals surface area contributed by atoms with E-state index in [0.29, 0.717) is 6.54 Å². The molecule has 0 aromatic heterocycles. The molecule has 0 amide bonds. The summed E-state index contributed by atoms with van der Waals surface area (Å²) in [5, 5.41) is 10.7. The Hall–Kier alpha value is -1.06. The van der Waals surface area contributed by atoms with Gasteiger partial charge in [-0.05, 0) is 19.0 Å². The van der Waals surface area contributed by atoms with Crippen molar-refractivity contribution in [1.82, 2.24) is 4.90 Å². The maximum atomic E-state index is 10.7. The van der Waals surface area contributed by atoms with Crippen LogP contribution in [0.5, 0.6) is 5.75 Å². The molecule has 86 valence electrons. The Morgan fingerprint density at radius 2 is 2.31 bits per heavy atom. The van der Waals surface area contributed by atoms with Crippen LogP contribution in [-0.2, 0) is 12.0 Å². The lowest BCUT2D eigenvalue weighted by Gasteiger charge is -2.24. The van der Waals surface area contributed by atoms with Crippen molar-refractivity contribution in [2.75, 3.05) is 26.7 Å². The molecular formula is C13H17NO2. The molecule has 2 aliphatic rings. The van der Waals surface area contributed by atoms with Gasteiger partial charge in [0.15, 0.2) is 0 Å². The van der Waals surface area contributed by atoms with Gasteiger partial charge in [-0.2, -0.15) is 0 Å². The Labute approximate surface area is 95.6 Å². The maximum Gasteiger partial charge on any atom is 0.128 e. The minimum Gasteiger partial charge on any atom is -0.493 e. The van der Waals surface area contributed by atoms with Crippen molar-refractivity contribution >= 4 is 0 Å². The molecule has 2 aliphatic heterocycles. The topological polar surface area (TPSA) is 32.7 Å². The van der Waals surface area contributed by atoms with Crippen LogP contribution in [-0.4, -0.2) is 36.8 Å². The van der Waals surface area contributed by atoms with E-state index in [-0.39, 0.29) is 0 Å². The van der Waals surface area contributed by atoms with Gasteiger partial charge in [-0.15, -0.1) is 0 Å². The van der Waals surface area contributed by atoms with Crippen molar-refractivity contribution in [3.63, 3.8) is 0 Å². The zero-order chi connectivity index (χ0) is 11.2. The number of hydrogen-bond acceptors (Lipinski definition) is 3. The van der Waals surface area contributed by atoms with Crippen molar-refractivity contribution in [1.29, 1.82) is 0 Å². The summed E-state index contributed by atoms with van der Waals surface area (Å²) in [6.07, 6.45) is 1.76. The third-order valence-corrected chi connectivity index (χ3v) is 3.65. The molecule has 1 saturated heterocycles. The molecule has 0 radical (unpaired) electrons. The fourth-order valence-electron chi connectivity index (χ4n) is 2.78. The Balaban J connectivity index is 2.04. The predicted molar refractivity (Wildman–Crippen MR) is 61.7 cm³/mol. The molecular weight excluding hydrogens is 202 g/mol. The number of ether oxygens (including phenoxy) is 1. The van der Waals surface area contributed by atoms with E-state index in [4.69, 9.17) is 4.74 Å². The van der Waals surface area contributed by atoms with E-state index < -0.39 is 5.60 Å². The van der Waals surface area contributed by atoms with Gasteiger partial charge in [-0.3, -0.25) is 0 Å². The molecule has 16 heavy (non-hydrogen) atoms. The van der Waals surface area contributed by atoms with E-state index in [1.165, 1.54) is 5.56 Å². The zero-order valence-electron chi connectivity index (χ0n) is 9.57. The van der Waals surface area contributed by atoms with Crippen molar-refractivity contribution in [3.05, 3.63) is 29.3 Å². The van der Waals surface area contributed by atoms with Gasteiger partial charge in [-0.1, -0.05) is 18.2 Å². The Morgan fingerprint density at radius 1 is 1.44 bits per heavy atom.